The molecule has 170 valence electrons. The summed E-state index contributed by atoms with van der Waals surface area (Å²) in [6.07, 6.45) is 12.9. The van der Waals surface area contributed by atoms with Gasteiger partial charge in [-0.15, -0.1) is 0 Å². The van der Waals surface area contributed by atoms with Crippen LogP contribution in [0.25, 0.3) is 0 Å². The number of hydrogen-bond acceptors (Lipinski definition) is 4. The lowest BCUT2D eigenvalue weighted by Gasteiger charge is -2.17. The molecule has 4 heteroatoms. The summed E-state index contributed by atoms with van der Waals surface area (Å²) in [7, 11) is 0. The van der Waals surface area contributed by atoms with Gasteiger partial charge in [0.2, 0.25) is 0 Å². The van der Waals surface area contributed by atoms with Crippen LogP contribution in [0.5, 0.6) is 11.5 Å². The molecule has 0 atom stereocenters. The van der Waals surface area contributed by atoms with Crippen molar-refractivity contribution in [3.8, 4) is 11.5 Å². The van der Waals surface area contributed by atoms with Crippen LogP contribution in [-0.4, -0.2) is 11.9 Å². The SMILES string of the molecule is CCCCCCCC(=O)Oc1ccccc1OC(=O)CCCCCCCC(C)(C)C. The van der Waals surface area contributed by atoms with Crippen molar-refractivity contribution in [1.82, 2.24) is 0 Å². The third-order valence-corrected chi connectivity index (χ3v) is 5.09. The van der Waals surface area contributed by atoms with Gasteiger partial charge >= 0.3 is 11.9 Å². The van der Waals surface area contributed by atoms with Gasteiger partial charge in [0.1, 0.15) is 0 Å². The van der Waals surface area contributed by atoms with E-state index in [1.807, 2.05) is 0 Å². The largest absolute Gasteiger partial charge is 0.423 e. The van der Waals surface area contributed by atoms with Crippen molar-refractivity contribution in [1.29, 1.82) is 0 Å². The minimum absolute atomic E-state index is 0.271. The third-order valence-electron chi connectivity index (χ3n) is 5.09. The van der Waals surface area contributed by atoms with Gasteiger partial charge in [0.25, 0.3) is 0 Å². The molecular weight excluding hydrogens is 376 g/mol. The van der Waals surface area contributed by atoms with Crippen LogP contribution in [-0.2, 0) is 9.59 Å². The zero-order chi connectivity index (χ0) is 22.2. The van der Waals surface area contributed by atoms with Crippen LogP contribution >= 0.6 is 0 Å². The topological polar surface area (TPSA) is 52.6 Å². The van der Waals surface area contributed by atoms with E-state index in [1.165, 1.54) is 32.1 Å². The zero-order valence-corrected chi connectivity index (χ0v) is 19.6. The Morgan fingerprint density at radius 1 is 0.700 bits per heavy atom. The highest BCUT2D eigenvalue weighted by Gasteiger charge is 2.13. The first-order chi connectivity index (χ1) is 14.3. The smallest absolute Gasteiger partial charge is 0.311 e. The molecule has 0 aliphatic carbocycles. The first-order valence-electron chi connectivity index (χ1n) is 11.8. The molecule has 0 radical (unpaired) electrons. The first kappa shape index (κ1) is 26.2. The number of benzene rings is 1. The van der Waals surface area contributed by atoms with Gasteiger partial charge in [-0.1, -0.05) is 91.2 Å². The summed E-state index contributed by atoms with van der Waals surface area (Å²) in [5, 5.41) is 0. The average molecular weight is 419 g/mol. The van der Waals surface area contributed by atoms with E-state index in [1.54, 1.807) is 24.3 Å². The van der Waals surface area contributed by atoms with E-state index < -0.39 is 0 Å². The van der Waals surface area contributed by atoms with Crippen molar-refractivity contribution in [3.05, 3.63) is 24.3 Å². The number of rotatable bonds is 15. The molecule has 1 rings (SSSR count). The zero-order valence-electron chi connectivity index (χ0n) is 19.6. The highest BCUT2D eigenvalue weighted by atomic mass is 16.6. The molecular formula is C26H42O4. The second-order valence-corrected chi connectivity index (χ2v) is 9.39. The summed E-state index contributed by atoms with van der Waals surface area (Å²) >= 11 is 0. The Labute approximate surface area is 183 Å². The van der Waals surface area contributed by atoms with Crippen LogP contribution in [0, 0.1) is 5.41 Å². The van der Waals surface area contributed by atoms with E-state index in [0.29, 0.717) is 29.8 Å². The first-order valence-corrected chi connectivity index (χ1v) is 11.8. The van der Waals surface area contributed by atoms with Crippen LogP contribution in [0.3, 0.4) is 0 Å². The van der Waals surface area contributed by atoms with Crippen LogP contribution in [0.4, 0.5) is 0 Å². The molecule has 1 aromatic rings. The number of para-hydroxylation sites is 2. The van der Waals surface area contributed by atoms with Gasteiger partial charge in [0.05, 0.1) is 0 Å². The summed E-state index contributed by atoms with van der Waals surface area (Å²) in [6, 6.07) is 6.90. The lowest BCUT2D eigenvalue weighted by atomic mass is 9.89. The highest BCUT2D eigenvalue weighted by Crippen LogP contribution is 2.28. The van der Waals surface area contributed by atoms with Crippen molar-refractivity contribution >= 4 is 11.9 Å². The minimum Gasteiger partial charge on any atom is -0.423 e. The van der Waals surface area contributed by atoms with Crippen LogP contribution < -0.4 is 9.47 Å². The maximum absolute atomic E-state index is 12.2. The van der Waals surface area contributed by atoms with Crippen LogP contribution in [0.15, 0.2) is 24.3 Å². The van der Waals surface area contributed by atoms with E-state index in [-0.39, 0.29) is 11.9 Å². The fraction of sp³-hybridized carbons (Fsp3) is 0.692. The minimum atomic E-state index is -0.273. The maximum atomic E-state index is 12.2. The van der Waals surface area contributed by atoms with E-state index in [2.05, 4.69) is 27.7 Å². The van der Waals surface area contributed by atoms with Crippen LogP contribution in [0.1, 0.15) is 111 Å². The fourth-order valence-corrected chi connectivity index (χ4v) is 3.29. The maximum Gasteiger partial charge on any atom is 0.311 e. The van der Waals surface area contributed by atoms with E-state index >= 15 is 0 Å². The Kier molecular flexibility index (Phi) is 13.1. The van der Waals surface area contributed by atoms with Gasteiger partial charge in [-0.25, -0.2) is 0 Å². The summed E-state index contributed by atoms with van der Waals surface area (Å²) < 4.78 is 10.9. The van der Waals surface area contributed by atoms with E-state index in [0.717, 1.165) is 38.5 Å². The van der Waals surface area contributed by atoms with Gasteiger partial charge in [-0.05, 0) is 36.8 Å². The number of esters is 2. The van der Waals surface area contributed by atoms with Gasteiger partial charge in [0.15, 0.2) is 11.5 Å². The molecule has 0 bridgehead atoms. The number of hydrogen-bond donors (Lipinski definition) is 0. The quantitative estimate of drug-likeness (QED) is 0.167. The molecule has 1 aromatic carbocycles. The van der Waals surface area contributed by atoms with E-state index in [9.17, 15) is 9.59 Å². The lowest BCUT2D eigenvalue weighted by molar-refractivity contribution is -0.137. The molecule has 0 spiro atoms. The summed E-state index contributed by atoms with van der Waals surface area (Å²) in [5.74, 6) is 0.108. The van der Waals surface area contributed by atoms with Crippen molar-refractivity contribution < 1.29 is 19.1 Å². The molecule has 0 aromatic heterocycles. The van der Waals surface area contributed by atoms with Gasteiger partial charge in [-0.2, -0.15) is 0 Å². The number of carbonyl (C=O) groups excluding carboxylic acids is 2. The molecule has 0 aliphatic rings. The normalized spacial score (nSPS) is 11.3. The van der Waals surface area contributed by atoms with Gasteiger partial charge in [-0.3, -0.25) is 9.59 Å². The third kappa shape index (κ3) is 13.4. The number of ether oxygens (including phenoxy) is 2. The summed E-state index contributed by atoms with van der Waals surface area (Å²) in [5.41, 5.74) is 0.399. The fourth-order valence-electron chi connectivity index (χ4n) is 3.29. The molecule has 0 N–H and O–H groups in total. The Morgan fingerprint density at radius 2 is 1.13 bits per heavy atom. The van der Waals surface area contributed by atoms with E-state index in [4.69, 9.17) is 9.47 Å². The molecule has 0 aliphatic heterocycles. The molecule has 0 saturated carbocycles. The van der Waals surface area contributed by atoms with Crippen molar-refractivity contribution in [3.63, 3.8) is 0 Å². The monoisotopic (exact) mass is 418 g/mol. The molecule has 4 nitrogen and oxygen atoms in total. The lowest BCUT2D eigenvalue weighted by Crippen LogP contribution is -2.12. The van der Waals surface area contributed by atoms with Gasteiger partial charge < -0.3 is 9.47 Å². The predicted octanol–water partition coefficient (Wildman–Crippen LogP) is 7.63. The molecule has 0 unspecified atom stereocenters. The Morgan fingerprint density at radius 3 is 1.60 bits per heavy atom. The predicted molar refractivity (Wildman–Crippen MR) is 123 cm³/mol. The van der Waals surface area contributed by atoms with Crippen molar-refractivity contribution in [2.75, 3.05) is 0 Å². The van der Waals surface area contributed by atoms with Gasteiger partial charge in [0, 0.05) is 12.8 Å². The molecule has 30 heavy (non-hydrogen) atoms. The van der Waals surface area contributed by atoms with Crippen molar-refractivity contribution in [2.24, 2.45) is 5.41 Å². The summed E-state index contributed by atoms with van der Waals surface area (Å²) in [6.45, 7) is 8.98. The molecule has 0 heterocycles. The average Bonchev–Trinajstić information content (AvgIpc) is 2.67. The molecule has 0 amide bonds. The second kappa shape index (κ2) is 15.0. The summed E-state index contributed by atoms with van der Waals surface area (Å²) in [4.78, 5) is 24.3. The molecule has 0 saturated heterocycles. The Balaban J connectivity index is 2.29. The van der Waals surface area contributed by atoms with Crippen LogP contribution in [0.2, 0.25) is 0 Å². The second-order valence-electron chi connectivity index (χ2n) is 9.39. The Hall–Kier alpha value is -1.84. The van der Waals surface area contributed by atoms with Crippen molar-refractivity contribution in [2.45, 2.75) is 111 Å². The Bertz CT molecular complexity index is 616. The highest BCUT2D eigenvalue weighted by molar-refractivity contribution is 5.76. The standard InChI is InChI=1S/C26H42O4/c1-5-6-7-9-12-19-24(27)29-22-17-14-15-18-23(22)30-25(28)20-13-10-8-11-16-21-26(2,3)4/h14-15,17-18H,5-13,16,19-21H2,1-4H3. The number of carbonyl (C=O) groups is 2. The number of unbranched alkanes of at least 4 members (excludes halogenated alkanes) is 8. The molecule has 0 fully saturated rings.